The van der Waals surface area contributed by atoms with Gasteiger partial charge in [0.05, 0.1) is 31.6 Å². The van der Waals surface area contributed by atoms with Crippen molar-refractivity contribution < 1.29 is 13.2 Å². The minimum absolute atomic E-state index is 0.0234. The summed E-state index contributed by atoms with van der Waals surface area (Å²) in [5, 5.41) is 3.74. The van der Waals surface area contributed by atoms with Crippen LogP contribution in [-0.4, -0.2) is 25.1 Å². The number of rotatable bonds is 3. The number of amides is 1. The van der Waals surface area contributed by atoms with Crippen LogP contribution < -0.4 is 5.32 Å². The molecule has 140 valence electrons. The summed E-state index contributed by atoms with van der Waals surface area (Å²) in [5.74, 6) is -0.215. The third kappa shape index (κ3) is 3.54. The fourth-order valence-corrected chi connectivity index (χ4v) is 6.79. The van der Waals surface area contributed by atoms with E-state index < -0.39 is 9.84 Å². The molecule has 0 saturated carbocycles. The molecule has 1 atom stereocenters. The Bertz CT molecular complexity index is 1130. The first kappa shape index (κ1) is 18.6. The van der Waals surface area contributed by atoms with Crippen molar-refractivity contribution in [1.82, 2.24) is 10.3 Å². The molecule has 27 heavy (non-hydrogen) atoms. The molecule has 1 aliphatic rings. The smallest absolute Gasteiger partial charge is 0.263 e. The van der Waals surface area contributed by atoms with Gasteiger partial charge in [-0.2, -0.15) is 0 Å². The van der Waals surface area contributed by atoms with Gasteiger partial charge in [0.1, 0.15) is 9.88 Å². The van der Waals surface area contributed by atoms with Crippen LogP contribution in [0.4, 0.5) is 0 Å². The van der Waals surface area contributed by atoms with E-state index in [-0.39, 0.29) is 17.7 Å². The van der Waals surface area contributed by atoms with Gasteiger partial charge in [-0.3, -0.25) is 4.79 Å². The van der Waals surface area contributed by atoms with Crippen LogP contribution in [0.2, 0.25) is 4.34 Å². The zero-order valence-electron chi connectivity index (χ0n) is 14.2. The second kappa shape index (κ2) is 7.01. The molecule has 4 rings (SSSR count). The first-order chi connectivity index (χ1) is 12.8. The van der Waals surface area contributed by atoms with Gasteiger partial charge in [-0.25, -0.2) is 13.4 Å². The van der Waals surface area contributed by atoms with Gasteiger partial charge < -0.3 is 5.32 Å². The lowest BCUT2D eigenvalue weighted by molar-refractivity contribution is 0.0938. The topological polar surface area (TPSA) is 76.1 Å². The third-order valence-electron chi connectivity index (χ3n) is 4.40. The number of benzene rings is 1. The Kier molecular flexibility index (Phi) is 4.84. The highest BCUT2D eigenvalue weighted by molar-refractivity contribution is 7.91. The zero-order valence-corrected chi connectivity index (χ0v) is 17.4. The largest absolute Gasteiger partial charge is 0.344 e. The predicted molar refractivity (Wildman–Crippen MR) is 108 cm³/mol. The van der Waals surface area contributed by atoms with E-state index in [9.17, 15) is 13.2 Å². The molecule has 1 N–H and O–H groups in total. The molecule has 3 heterocycles. The molecule has 0 radical (unpaired) electrons. The van der Waals surface area contributed by atoms with Crippen molar-refractivity contribution in [2.45, 2.75) is 24.3 Å². The normalized spacial score (nSPS) is 18.1. The first-order valence-electron chi connectivity index (χ1n) is 8.21. The van der Waals surface area contributed by atoms with Crippen molar-refractivity contribution in [1.29, 1.82) is 0 Å². The molecule has 1 unspecified atom stereocenters. The van der Waals surface area contributed by atoms with Crippen LogP contribution in [0.5, 0.6) is 0 Å². The van der Waals surface area contributed by atoms with Crippen LogP contribution in [-0.2, 0) is 9.84 Å². The maximum atomic E-state index is 12.8. The highest BCUT2D eigenvalue weighted by atomic mass is 35.5. The molecule has 3 aromatic rings. The Morgan fingerprint density at radius 2 is 2.00 bits per heavy atom. The number of thiazole rings is 1. The lowest BCUT2D eigenvalue weighted by Crippen LogP contribution is -2.33. The summed E-state index contributed by atoms with van der Waals surface area (Å²) in [6.45, 7) is 1.80. The van der Waals surface area contributed by atoms with Crippen molar-refractivity contribution in [3.63, 3.8) is 0 Å². The van der Waals surface area contributed by atoms with Crippen molar-refractivity contribution in [3.8, 4) is 9.88 Å². The maximum Gasteiger partial charge on any atom is 0.263 e. The molecule has 1 aromatic carbocycles. The number of thiophene rings is 1. The number of hydrogen-bond donors (Lipinski definition) is 1. The number of fused-ring (bicyclic) bond motifs is 1. The molecule has 0 fully saturated rings. The number of nitrogens with one attached hydrogen (secondary N) is 1. The number of carbonyl (C=O) groups excluding carboxylic acids is 1. The molecule has 0 aliphatic carbocycles. The molecule has 9 heteroatoms. The van der Waals surface area contributed by atoms with Crippen LogP contribution in [0.1, 0.15) is 33.4 Å². The summed E-state index contributed by atoms with van der Waals surface area (Å²) in [6, 6.07) is 10.2. The summed E-state index contributed by atoms with van der Waals surface area (Å²) in [7, 11) is -3.29. The highest BCUT2D eigenvalue weighted by Crippen LogP contribution is 2.36. The van der Waals surface area contributed by atoms with Crippen LogP contribution in [0, 0.1) is 6.92 Å². The molecule has 1 amide bonds. The average molecular weight is 439 g/mol. The number of halogens is 1. The third-order valence-corrected chi connectivity index (χ3v) is 8.77. The Morgan fingerprint density at radius 1 is 1.22 bits per heavy atom. The summed E-state index contributed by atoms with van der Waals surface area (Å²) in [4.78, 5) is 19.1. The zero-order chi connectivity index (χ0) is 19.2. The molecule has 2 aromatic heterocycles. The minimum Gasteiger partial charge on any atom is -0.344 e. The first-order valence-corrected chi connectivity index (χ1v) is 11.9. The standard InChI is InChI=1S/C18H15ClN2O3S3/c1-10-16(26-18(20-10)13-6-7-15(19)25-13)17(22)21-12-8-9-27(23,24)14-5-3-2-4-11(12)14/h2-7,12H,8-9H2,1H3,(H,21,22). The SMILES string of the molecule is Cc1nc(-c2ccc(Cl)s2)sc1C(=O)NC1CCS(=O)(=O)c2ccccc21. The number of sulfone groups is 1. The molecular formula is C18H15ClN2O3S3. The van der Waals surface area contributed by atoms with E-state index in [4.69, 9.17) is 11.6 Å². The number of hydrogen-bond acceptors (Lipinski definition) is 6. The van der Waals surface area contributed by atoms with E-state index >= 15 is 0 Å². The van der Waals surface area contributed by atoms with Crippen molar-refractivity contribution >= 4 is 50.0 Å². The molecule has 0 spiro atoms. The van der Waals surface area contributed by atoms with Crippen LogP contribution in [0.15, 0.2) is 41.3 Å². The number of aryl methyl sites for hydroxylation is 1. The lowest BCUT2D eigenvalue weighted by atomic mass is 10.0. The van der Waals surface area contributed by atoms with Gasteiger partial charge in [-0.05, 0) is 37.1 Å². The predicted octanol–water partition coefficient (Wildman–Crippen LogP) is 4.48. The van der Waals surface area contributed by atoms with Gasteiger partial charge in [0.15, 0.2) is 9.84 Å². The van der Waals surface area contributed by atoms with Gasteiger partial charge in [-0.15, -0.1) is 22.7 Å². The van der Waals surface area contributed by atoms with E-state index in [0.717, 1.165) is 9.88 Å². The monoisotopic (exact) mass is 438 g/mol. The molecule has 5 nitrogen and oxygen atoms in total. The van der Waals surface area contributed by atoms with Crippen molar-refractivity contribution in [2.75, 3.05) is 5.75 Å². The van der Waals surface area contributed by atoms with Crippen molar-refractivity contribution in [2.24, 2.45) is 0 Å². The van der Waals surface area contributed by atoms with Crippen LogP contribution in [0.3, 0.4) is 0 Å². The molecular weight excluding hydrogens is 424 g/mol. The van der Waals surface area contributed by atoms with Crippen molar-refractivity contribution in [3.05, 3.63) is 56.9 Å². The average Bonchev–Trinajstić information content (AvgIpc) is 3.23. The summed E-state index contributed by atoms with van der Waals surface area (Å²) < 4.78 is 25.2. The highest BCUT2D eigenvalue weighted by Gasteiger charge is 2.31. The second-order valence-corrected chi connectivity index (χ2v) is 11.0. The van der Waals surface area contributed by atoms with E-state index in [2.05, 4.69) is 10.3 Å². The number of aromatic nitrogens is 1. The van der Waals surface area contributed by atoms with E-state index in [1.165, 1.54) is 22.7 Å². The Balaban J connectivity index is 1.61. The Morgan fingerprint density at radius 3 is 2.74 bits per heavy atom. The fraction of sp³-hybridized carbons (Fsp3) is 0.222. The van der Waals surface area contributed by atoms with Gasteiger partial charge in [0.2, 0.25) is 0 Å². The Hall–Kier alpha value is -1.74. The summed E-state index contributed by atoms with van der Waals surface area (Å²) in [6.07, 6.45) is 0.357. The molecule has 1 aliphatic heterocycles. The molecule has 0 bridgehead atoms. The fourth-order valence-electron chi connectivity index (χ4n) is 3.11. The van der Waals surface area contributed by atoms with Gasteiger partial charge in [0, 0.05) is 0 Å². The van der Waals surface area contributed by atoms with Gasteiger partial charge >= 0.3 is 0 Å². The quantitative estimate of drug-likeness (QED) is 0.654. The van der Waals surface area contributed by atoms with Crippen LogP contribution >= 0.6 is 34.3 Å². The number of nitrogens with zero attached hydrogens (tertiary/aromatic N) is 1. The van der Waals surface area contributed by atoms with Gasteiger partial charge in [-0.1, -0.05) is 29.8 Å². The Labute approximate surface area is 170 Å². The lowest BCUT2D eigenvalue weighted by Gasteiger charge is -2.26. The minimum atomic E-state index is -3.29. The van der Waals surface area contributed by atoms with E-state index in [1.807, 2.05) is 6.07 Å². The van der Waals surface area contributed by atoms with E-state index in [1.54, 1.807) is 37.3 Å². The number of carbonyl (C=O) groups is 1. The maximum absolute atomic E-state index is 12.8. The van der Waals surface area contributed by atoms with E-state index in [0.29, 0.717) is 31.8 Å². The summed E-state index contributed by atoms with van der Waals surface area (Å²) >= 11 is 8.72. The van der Waals surface area contributed by atoms with Crippen LogP contribution in [0.25, 0.3) is 9.88 Å². The molecule has 0 saturated heterocycles. The second-order valence-electron chi connectivity index (χ2n) is 6.21. The summed E-state index contributed by atoms with van der Waals surface area (Å²) in [5.41, 5.74) is 1.29. The van der Waals surface area contributed by atoms with Gasteiger partial charge in [0.25, 0.3) is 5.91 Å².